The Morgan fingerprint density at radius 1 is 1.64 bits per heavy atom. The highest BCUT2D eigenvalue weighted by Gasteiger charge is 2.16. The van der Waals surface area contributed by atoms with Gasteiger partial charge in [0.05, 0.1) is 19.2 Å². The van der Waals surface area contributed by atoms with Gasteiger partial charge in [0.2, 0.25) is 0 Å². The average molecular weight is 213 g/mol. The van der Waals surface area contributed by atoms with E-state index in [1.807, 2.05) is 0 Å². The van der Waals surface area contributed by atoms with Crippen molar-refractivity contribution in [3.05, 3.63) is 21.4 Å². The summed E-state index contributed by atoms with van der Waals surface area (Å²) in [5.74, 6) is -0.157. The Bertz CT molecular complexity index is 395. The molecule has 1 rings (SSSR count). The molecular formula is C7H7N3O3S. The van der Waals surface area contributed by atoms with Crippen LogP contribution >= 0.6 is 11.3 Å². The van der Waals surface area contributed by atoms with Gasteiger partial charge in [-0.25, -0.2) is 4.79 Å². The molecule has 0 amide bonds. The summed E-state index contributed by atoms with van der Waals surface area (Å²) < 4.78 is 9.45. The van der Waals surface area contributed by atoms with Crippen molar-refractivity contribution >= 4 is 22.3 Å². The van der Waals surface area contributed by atoms with Crippen molar-refractivity contribution in [2.45, 2.75) is 0 Å². The molecule has 74 valence electrons. The fraction of sp³-hybridized carbons (Fsp3) is 0.286. The van der Waals surface area contributed by atoms with Crippen LogP contribution < -0.4 is 4.74 Å². The number of methoxy groups -OCH3 is 2. The second kappa shape index (κ2) is 4.50. The lowest BCUT2D eigenvalue weighted by molar-refractivity contribution is 0.0603. The van der Waals surface area contributed by atoms with E-state index in [2.05, 4.69) is 14.8 Å². The Morgan fingerprint density at radius 3 is 2.86 bits per heavy atom. The van der Waals surface area contributed by atoms with Gasteiger partial charge in [0, 0.05) is 11.0 Å². The Morgan fingerprint density at radius 2 is 2.36 bits per heavy atom. The van der Waals surface area contributed by atoms with Gasteiger partial charge in [-0.1, -0.05) is 0 Å². The maximum absolute atomic E-state index is 11.2. The van der Waals surface area contributed by atoms with Gasteiger partial charge in [-0.2, -0.15) is 0 Å². The summed E-state index contributed by atoms with van der Waals surface area (Å²) in [6.07, 6.45) is 0. The van der Waals surface area contributed by atoms with Crippen molar-refractivity contribution < 1.29 is 14.3 Å². The van der Waals surface area contributed by atoms with E-state index in [0.717, 1.165) is 11.3 Å². The zero-order valence-corrected chi connectivity index (χ0v) is 8.37. The Hall–Kier alpha value is -1.72. The Kier molecular flexibility index (Phi) is 3.33. The maximum Gasteiger partial charge on any atom is 0.351 e. The molecule has 0 aliphatic rings. The van der Waals surface area contributed by atoms with Gasteiger partial charge in [-0.3, -0.25) is 0 Å². The molecule has 0 bridgehead atoms. The van der Waals surface area contributed by atoms with Gasteiger partial charge in [0.25, 0.3) is 0 Å². The molecule has 1 aromatic rings. The van der Waals surface area contributed by atoms with E-state index in [-0.39, 0.29) is 4.88 Å². The topological polar surface area (TPSA) is 84.3 Å². The fourth-order valence-corrected chi connectivity index (χ4v) is 1.70. The van der Waals surface area contributed by atoms with Crippen molar-refractivity contribution in [2.75, 3.05) is 14.2 Å². The molecule has 7 heteroatoms. The average Bonchev–Trinajstić information content (AvgIpc) is 2.60. The minimum atomic E-state index is -0.508. The van der Waals surface area contributed by atoms with Crippen molar-refractivity contribution in [2.24, 2.45) is 5.11 Å². The molecule has 6 nitrogen and oxygen atoms in total. The third kappa shape index (κ3) is 1.95. The molecule has 1 aromatic heterocycles. The van der Waals surface area contributed by atoms with Crippen LogP contribution in [0.15, 0.2) is 11.2 Å². The monoisotopic (exact) mass is 213 g/mol. The summed E-state index contributed by atoms with van der Waals surface area (Å²) in [5.41, 5.74) is 8.20. The fourth-order valence-electron chi connectivity index (χ4n) is 0.842. The van der Waals surface area contributed by atoms with Crippen LogP contribution in [0.4, 0.5) is 5.00 Å². The highest BCUT2D eigenvalue weighted by Crippen LogP contribution is 2.35. The van der Waals surface area contributed by atoms with Crippen molar-refractivity contribution in [1.29, 1.82) is 0 Å². The van der Waals surface area contributed by atoms with Gasteiger partial charge >= 0.3 is 5.97 Å². The normalized spacial score (nSPS) is 9.00. The minimum Gasteiger partial charge on any atom is -0.495 e. The number of nitrogens with zero attached hydrogens (tertiary/aromatic N) is 3. The van der Waals surface area contributed by atoms with E-state index < -0.39 is 5.97 Å². The van der Waals surface area contributed by atoms with Gasteiger partial charge in [-0.05, 0) is 10.6 Å². The van der Waals surface area contributed by atoms with Gasteiger partial charge in [0.1, 0.15) is 5.75 Å². The first kappa shape index (κ1) is 10.4. The standard InChI is InChI=1S/C7H7N3O3S/c1-12-4-3-5(9-10-8)14-6(4)7(11)13-2/h3H,1-2H3. The SMILES string of the molecule is COC(=O)c1sc(N=[N+]=[N-])cc1OC. The molecule has 0 N–H and O–H groups in total. The number of azide groups is 1. The maximum atomic E-state index is 11.2. The van der Waals surface area contributed by atoms with E-state index in [1.54, 1.807) is 0 Å². The van der Waals surface area contributed by atoms with Crippen LogP contribution in [0.3, 0.4) is 0 Å². The lowest BCUT2D eigenvalue weighted by Crippen LogP contribution is -1.99. The Balaban J connectivity index is 3.14. The van der Waals surface area contributed by atoms with Crippen molar-refractivity contribution in [3.8, 4) is 5.75 Å². The minimum absolute atomic E-state index is 0.289. The number of carbonyl (C=O) groups excluding carboxylic acids is 1. The zero-order chi connectivity index (χ0) is 10.6. The zero-order valence-electron chi connectivity index (χ0n) is 7.55. The summed E-state index contributed by atoms with van der Waals surface area (Å²) >= 11 is 1.02. The van der Waals surface area contributed by atoms with E-state index in [4.69, 9.17) is 10.3 Å². The molecule has 0 radical (unpaired) electrons. The van der Waals surface area contributed by atoms with Crippen molar-refractivity contribution in [1.82, 2.24) is 0 Å². The molecule has 0 atom stereocenters. The summed E-state index contributed by atoms with van der Waals surface area (Å²) in [6, 6.07) is 1.48. The first-order chi connectivity index (χ1) is 6.72. The highest BCUT2D eigenvalue weighted by molar-refractivity contribution is 7.18. The Labute approximate surface area is 83.7 Å². The number of carbonyl (C=O) groups is 1. The first-order valence-electron chi connectivity index (χ1n) is 3.54. The van der Waals surface area contributed by atoms with E-state index in [9.17, 15) is 4.79 Å². The number of ether oxygens (including phenoxy) is 2. The smallest absolute Gasteiger partial charge is 0.351 e. The summed E-state index contributed by atoms with van der Waals surface area (Å²) in [6.45, 7) is 0. The molecule has 0 aliphatic carbocycles. The number of rotatable bonds is 3. The number of esters is 1. The van der Waals surface area contributed by atoms with E-state index in [0.29, 0.717) is 10.8 Å². The van der Waals surface area contributed by atoms with Gasteiger partial charge < -0.3 is 9.47 Å². The van der Waals surface area contributed by atoms with Crippen molar-refractivity contribution in [3.63, 3.8) is 0 Å². The lowest BCUT2D eigenvalue weighted by atomic mass is 10.4. The molecule has 1 heterocycles. The van der Waals surface area contributed by atoms with Crippen LogP contribution in [-0.2, 0) is 4.74 Å². The van der Waals surface area contributed by atoms with Crippen LogP contribution in [0.2, 0.25) is 0 Å². The molecule has 0 aliphatic heterocycles. The molecule has 0 fully saturated rings. The summed E-state index contributed by atoms with van der Waals surface area (Å²) in [5, 5.41) is 3.73. The van der Waals surface area contributed by atoms with Crippen LogP contribution in [0.1, 0.15) is 9.67 Å². The summed E-state index contributed by atoms with van der Waals surface area (Å²) in [7, 11) is 2.70. The van der Waals surface area contributed by atoms with Crippen LogP contribution in [0.25, 0.3) is 10.4 Å². The second-order valence-corrected chi connectivity index (χ2v) is 3.19. The molecule has 0 saturated heterocycles. The predicted molar refractivity (Wildman–Crippen MR) is 51.0 cm³/mol. The molecule has 0 unspecified atom stereocenters. The number of thiophene rings is 1. The van der Waals surface area contributed by atoms with Crippen LogP contribution in [-0.4, -0.2) is 20.2 Å². The number of hydrogen-bond donors (Lipinski definition) is 0. The third-order valence-corrected chi connectivity index (χ3v) is 2.40. The second-order valence-electron chi connectivity index (χ2n) is 2.16. The largest absolute Gasteiger partial charge is 0.495 e. The summed E-state index contributed by atoms with van der Waals surface area (Å²) in [4.78, 5) is 14.1. The lowest BCUT2D eigenvalue weighted by Gasteiger charge is -1.98. The molecule has 0 saturated carbocycles. The van der Waals surface area contributed by atoms with E-state index in [1.165, 1.54) is 20.3 Å². The molecule has 0 aromatic carbocycles. The molecular weight excluding hydrogens is 206 g/mol. The first-order valence-corrected chi connectivity index (χ1v) is 4.35. The van der Waals surface area contributed by atoms with E-state index >= 15 is 0 Å². The number of hydrogen-bond acceptors (Lipinski definition) is 5. The van der Waals surface area contributed by atoms with Gasteiger partial charge in [0.15, 0.2) is 4.88 Å². The highest BCUT2D eigenvalue weighted by atomic mass is 32.1. The predicted octanol–water partition coefficient (Wildman–Crippen LogP) is 2.49. The molecule has 0 spiro atoms. The molecule has 14 heavy (non-hydrogen) atoms. The third-order valence-electron chi connectivity index (χ3n) is 1.42. The van der Waals surface area contributed by atoms with Crippen LogP contribution in [0.5, 0.6) is 5.75 Å². The van der Waals surface area contributed by atoms with Gasteiger partial charge in [-0.15, -0.1) is 11.3 Å². The quantitative estimate of drug-likeness (QED) is 0.334. The van der Waals surface area contributed by atoms with Crippen LogP contribution in [0, 0.1) is 0 Å².